The van der Waals surface area contributed by atoms with E-state index in [1.54, 1.807) is 0 Å². The van der Waals surface area contributed by atoms with Crippen LogP contribution in [0.15, 0.2) is 17.1 Å². The molecule has 23 heavy (non-hydrogen) atoms. The molecule has 122 valence electrons. The molecule has 0 spiro atoms. The molecule has 1 aliphatic rings. The quantitative estimate of drug-likeness (QED) is 0.371. The lowest BCUT2D eigenvalue weighted by atomic mass is 9.80. The SMILES string of the molecule is CCCCC1CCC(C#Cc2cc(F)c(N=C=S)cc2F)CC1. The van der Waals surface area contributed by atoms with Gasteiger partial charge in [-0.15, -0.1) is 0 Å². The minimum atomic E-state index is -0.628. The minimum Gasteiger partial charge on any atom is -0.206 e. The van der Waals surface area contributed by atoms with Gasteiger partial charge in [-0.1, -0.05) is 38.0 Å². The molecule has 0 radical (unpaired) electrons. The van der Waals surface area contributed by atoms with Crippen LogP contribution in [0.4, 0.5) is 14.5 Å². The Kier molecular flexibility index (Phi) is 6.89. The van der Waals surface area contributed by atoms with Crippen molar-refractivity contribution in [2.45, 2.75) is 51.9 Å². The van der Waals surface area contributed by atoms with Crippen LogP contribution in [0.25, 0.3) is 0 Å². The van der Waals surface area contributed by atoms with Crippen molar-refractivity contribution in [1.29, 1.82) is 0 Å². The molecule has 0 saturated heterocycles. The molecule has 1 aromatic rings. The Bertz CT molecular complexity index is 645. The number of benzene rings is 1. The molecule has 1 saturated carbocycles. The van der Waals surface area contributed by atoms with Gasteiger partial charge in [0.15, 0.2) is 5.82 Å². The van der Waals surface area contributed by atoms with Crippen molar-refractivity contribution in [2.24, 2.45) is 16.8 Å². The monoisotopic (exact) mass is 333 g/mol. The summed E-state index contributed by atoms with van der Waals surface area (Å²) in [6.07, 6.45) is 8.34. The van der Waals surface area contributed by atoms with Gasteiger partial charge in [0.05, 0.1) is 10.7 Å². The van der Waals surface area contributed by atoms with Crippen molar-refractivity contribution in [3.63, 3.8) is 0 Å². The standard InChI is InChI=1S/C19H21F2NS/c1-2-3-4-14-5-7-15(8-6-14)9-10-16-11-18(21)19(22-13-23)12-17(16)20/h11-12,14-15H,2-8H2,1H3. The fourth-order valence-corrected chi connectivity index (χ4v) is 3.13. The Morgan fingerprint density at radius 1 is 1.17 bits per heavy atom. The molecule has 0 amide bonds. The predicted molar refractivity (Wildman–Crippen MR) is 92.9 cm³/mol. The lowest BCUT2D eigenvalue weighted by molar-refractivity contribution is 0.296. The number of thiocarbonyl (C=S) groups is 1. The summed E-state index contributed by atoms with van der Waals surface area (Å²) >= 11 is 4.41. The van der Waals surface area contributed by atoms with Gasteiger partial charge in [-0.3, -0.25) is 0 Å². The van der Waals surface area contributed by atoms with E-state index in [1.807, 2.05) is 5.16 Å². The number of hydrogen-bond donors (Lipinski definition) is 0. The number of rotatable bonds is 4. The summed E-state index contributed by atoms with van der Waals surface area (Å²) in [5.41, 5.74) is -0.0570. The Balaban J connectivity index is 2.00. The summed E-state index contributed by atoms with van der Waals surface area (Å²) in [6, 6.07) is 2.10. The van der Waals surface area contributed by atoms with Crippen LogP contribution in [0, 0.1) is 35.3 Å². The third-order valence-electron chi connectivity index (χ3n) is 4.43. The van der Waals surface area contributed by atoms with E-state index in [9.17, 15) is 8.78 Å². The van der Waals surface area contributed by atoms with Crippen LogP contribution < -0.4 is 0 Å². The van der Waals surface area contributed by atoms with Crippen LogP contribution in [0.2, 0.25) is 0 Å². The van der Waals surface area contributed by atoms with E-state index in [4.69, 9.17) is 0 Å². The van der Waals surface area contributed by atoms with Crippen molar-refractivity contribution < 1.29 is 8.78 Å². The first-order valence-electron chi connectivity index (χ1n) is 8.22. The van der Waals surface area contributed by atoms with E-state index in [2.05, 4.69) is 36.0 Å². The second-order valence-corrected chi connectivity index (χ2v) is 6.30. The van der Waals surface area contributed by atoms with E-state index < -0.39 is 11.6 Å². The number of nitrogens with zero attached hydrogens (tertiary/aromatic N) is 1. The highest BCUT2D eigenvalue weighted by Crippen LogP contribution is 2.31. The largest absolute Gasteiger partial charge is 0.206 e. The van der Waals surface area contributed by atoms with Gasteiger partial charge in [-0.05, 0) is 49.9 Å². The topological polar surface area (TPSA) is 12.4 Å². The smallest absolute Gasteiger partial charge is 0.151 e. The Morgan fingerprint density at radius 2 is 1.91 bits per heavy atom. The van der Waals surface area contributed by atoms with Crippen LogP contribution in [0.5, 0.6) is 0 Å². The van der Waals surface area contributed by atoms with Gasteiger partial charge in [0.25, 0.3) is 0 Å². The van der Waals surface area contributed by atoms with Crippen LogP contribution in [0.1, 0.15) is 57.4 Å². The van der Waals surface area contributed by atoms with Crippen molar-refractivity contribution >= 4 is 23.1 Å². The van der Waals surface area contributed by atoms with E-state index in [-0.39, 0.29) is 17.2 Å². The maximum absolute atomic E-state index is 13.9. The normalized spacial score (nSPS) is 20.3. The van der Waals surface area contributed by atoms with Crippen LogP contribution >= 0.6 is 12.2 Å². The fraction of sp³-hybridized carbons (Fsp3) is 0.526. The summed E-state index contributed by atoms with van der Waals surface area (Å²) in [6.45, 7) is 2.22. The summed E-state index contributed by atoms with van der Waals surface area (Å²) in [5.74, 6) is 5.81. The van der Waals surface area contributed by atoms with Crippen LogP contribution in [0.3, 0.4) is 0 Å². The highest BCUT2D eigenvalue weighted by Gasteiger charge is 2.19. The van der Waals surface area contributed by atoms with Crippen molar-refractivity contribution in [3.8, 4) is 11.8 Å². The zero-order chi connectivity index (χ0) is 16.7. The van der Waals surface area contributed by atoms with Gasteiger partial charge in [0.2, 0.25) is 0 Å². The third-order valence-corrected chi connectivity index (χ3v) is 4.52. The molecule has 1 nitrogen and oxygen atoms in total. The van der Waals surface area contributed by atoms with Gasteiger partial charge in [-0.25, -0.2) is 8.78 Å². The van der Waals surface area contributed by atoms with Crippen molar-refractivity contribution in [2.75, 3.05) is 0 Å². The number of isothiocyanates is 1. The van der Waals surface area contributed by atoms with E-state index >= 15 is 0 Å². The third kappa shape index (κ3) is 5.23. The molecule has 1 fully saturated rings. The minimum absolute atomic E-state index is 0.0823. The number of halogens is 2. The molecule has 2 rings (SSSR count). The van der Waals surface area contributed by atoms with Crippen LogP contribution in [-0.4, -0.2) is 5.16 Å². The summed E-state index contributed by atoms with van der Waals surface area (Å²) in [4.78, 5) is 3.49. The first-order chi connectivity index (χ1) is 11.1. The highest BCUT2D eigenvalue weighted by molar-refractivity contribution is 7.78. The fourth-order valence-electron chi connectivity index (χ4n) is 3.04. The molecule has 0 unspecified atom stereocenters. The van der Waals surface area contributed by atoms with Crippen molar-refractivity contribution in [1.82, 2.24) is 0 Å². The maximum atomic E-state index is 13.9. The van der Waals surface area contributed by atoms with Crippen LogP contribution in [-0.2, 0) is 0 Å². The average molecular weight is 333 g/mol. The lowest BCUT2D eigenvalue weighted by Gasteiger charge is -2.25. The molecule has 0 atom stereocenters. The molecule has 0 N–H and O–H groups in total. The first-order valence-corrected chi connectivity index (χ1v) is 8.63. The lowest BCUT2D eigenvalue weighted by Crippen LogP contribution is -2.13. The Morgan fingerprint density at radius 3 is 2.57 bits per heavy atom. The molecular weight excluding hydrogens is 312 g/mol. The number of unbranched alkanes of at least 4 members (excludes halogenated alkanes) is 1. The summed E-state index contributed by atoms with van der Waals surface area (Å²) in [5, 5.41) is 2.04. The zero-order valence-electron chi connectivity index (χ0n) is 13.4. The van der Waals surface area contributed by atoms with Gasteiger partial charge >= 0.3 is 0 Å². The molecule has 0 bridgehead atoms. The summed E-state index contributed by atoms with van der Waals surface area (Å²) < 4.78 is 27.7. The predicted octanol–water partition coefficient (Wildman–Crippen LogP) is 6.05. The Labute approximate surface area is 142 Å². The van der Waals surface area contributed by atoms with Crippen molar-refractivity contribution in [3.05, 3.63) is 29.3 Å². The zero-order valence-corrected chi connectivity index (χ0v) is 14.2. The number of aliphatic imine (C=N–C) groups is 1. The first kappa shape index (κ1) is 17.8. The van der Waals surface area contributed by atoms with E-state index in [1.165, 1.54) is 32.1 Å². The second-order valence-electron chi connectivity index (χ2n) is 6.12. The van der Waals surface area contributed by atoms with Gasteiger partial charge < -0.3 is 0 Å². The highest BCUT2D eigenvalue weighted by atomic mass is 32.1. The average Bonchev–Trinajstić information content (AvgIpc) is 2.56. The van der Waals surface area contributed by atoms with Gasteiger partial charge in [-0.2, -0.15) is 4.99 Å². The van der Waals surface area contributed by atoms with E-state index in [0.717, 1.165) is 30.9 Å². The molecule has 0 heterocycles. The molecule has 1 aromatic carbocycles. The molecule has 1 aliphatic carbocycles. The Hall–Kier alpha value is -1.56. The molecule has 0 aromatic heterocycles. The van der Waals surface area contributed by atoms with E-state index in [0.29, 0.717) is 0 Å². The van der Waals surface area contributed by atoms with Gasteiger partial charge in [0, 0.05) is 12.0 Å². The van der Waals surface area contributed by atoms with Gasteiger partial charge in [0.1, 0.15) is 11.5 Å². The number of hydrogen-bond acceptors (Lipinski definition) is 2. The maximum Gasteiger partial charge on any atom is 0.151 e. The molecular formula is C19H21F2NS. The molecule has 4 heteroatoms. The molecule has 0 aliphatic heterocycles. The summed E-state index contributed by atoms with van der Waals surface area (Å²) in [7, 11) is 0. The second kappa shape index (κ2) is 8.91.